The van der Waals surface area contributed by atoms with Crippen molar-refractivity contribution in [3.63, 3.8) is 0 Å². The van der Waals surface area contributed by atoms with Crippen LogP contribution in [0.3, 0.4) is 0 Å². The van der Waals surface area contributed by atoms with Crippen molar-refractivity contribution in [2.45, 2.75) is 44.7 Å². The summed E-state index contributed by atoms with van der Waals surface area (Å²) in [6, 6.07) is -1.64. The molecule has 8 nitrogen and oxygen atoms in total. The maximum atomic E-state index is 12.2. The second-order valence-electron chi connectivity index (χ2n) is 5.39. The van der Waals surface area contributed by atoms with Crippen molar-refractivity contribution in [1.82, 2.24) is 9.03 Å². The highest BCUT2D eigenvalue weighted by atomic mass is 32.2. The van der Waals surface area contributed by atoms with Crippen LogP contribution in [0.5, 0.6) is 0 Å². The zero-order chi connectivity index (χ0) is 16.3. The molecule has 0 aromatic heterocycles. The van der Waals surface area contributed by atoms with E-state index < -0.39 is 32.1 Å². The minimum atomic E-state index is -3.94. The summed E-state index contributed by atoms with van der Waals surface area (Å²) in [6.45, 7) is 2.11. The molecule has 21 heavy (non-hydrogen) atoms. The van der Waals surface area contributed by atoms with Gasteiger partial charge in [0.15, 0.2) is 0 Å². The van der Waals surface area contributed by atoms with Crippen LogP contribution in [0, 0.1) is 0 Å². The van der Waals surface area contributed by atoms with Crippen molar-refractivity contribution in [2.24, 2.45) is 0 Å². The first kappa shape index (κ1) is 18.3. The number of piperidine rings is 1. The highest BCUT2D eigenvalue weighted by Gasteiger charge is 2.33. The van der Waals surface area contributed by atoms with Gasteiger partial charge in [0, 0.05) is 18.8 Å². The third kappa shape index (κ3) is 5.89. The molecule has 0 aromatic rings. The van der Waals surface area contributed by atoms with Crippen LogP contribution in [0.25, 0.3) is 0 Å². The molecule has 10 heteroatoms. The number of carboxylic acid groups (broad SMARTS) is 1. The van der Waals surface area contributed by atoms with Crippen LogP contribution in [-0.2, 0) is 24.8 Å². The Labute approximate surface area is 125 Å². The lowest BCUT2D eigenvalue weighted by Crippen LogP contribution is -2.52. The van der Waals surface area contributed by atoms with Gasteiger partial charge in [-0.05, 0) is 26.2 Å². The van der Waals surface area contributed by atoms with E-state index in [0.717, 1.165) is 25.5 Å². The van der Waals surface area contributed by atoms with Crippen LogP contribution in [0.15, 0.2) is 0 Å². The molecule has 124 valence electrons. The molecule has 2 atom stereocenters. The summed E-state index contributed by atoms with van der Waals surface area (Å²) in [7, 11) is -7.29. The van der Waals surface area contributed by atoms with Crippen LogP contribution < -0.4 is 4.72 Å². The van der Waals surface area contributed by atoms with Crippen LogP contribution in [0.2, 0.25) is 0 Å². The maximum Gasteiger partial charge on any atom is 0.321 e. The number of sulfone groups is 1. The molecule has 1 rings (SSSR count). The smallest absolute Gasteiger partial charge is 0.321 e. The first-order chi connectivity index (χ1) is 9.53. The highest BCUT2D eigenvalue weighted by Crippen LogP contribution is 2.19. The zero-order valence-electron chi connectivity index (χ0n) is 12.1. The van der Waals surface area contributed by atoms with Crippen LogP contribution in [0.1, 0.15) is 32.6 Å². The summed E-state index contributed by atoms with van der Waals surface area (Å²) in [5.74, 6) is -1.77. The van der Waals surface area contributed by atoms with Gasteiger partial charge in [-0.3, -0.25) is 4.79 Å². The molecule has 1 aliphatic heterocycles. The fourth-order valence-electron chi connectivity index (χ4n) is 2.24. The fourth-order valence-corrected chi connectivity index (χ4v) is 4.57. The lowest BCUT2D eigenvalue weighted by molar-refractivity contribution is -0.139. The summed E-state index contributed by atoms with van der Waals surface area (Å²) in [5.41, 5.74) is 0. The van der Waals surface area contributed by atoms with E-state index in [1.54, 1.807) is 6.92 Å². The van der Waals surface area contributed by atoms with E-state index in [4.69, 9.17) is 5.11 Å². The zero-order valence-corrected chi connectivity index (χ0v) is 13.8. The second kappa shape index (κ2) is 7.03. The maximum absolute atomic E-state index is 12.2. The van der Waals surface area contributed by atoms with Gasteiger partial charge in [0.2, 0.25) is 0 Å². The number of hydrogen-bond acceptors (Lipinski definition) is 5. The Kier molecular flexibility index (Phi) is 6.14. The number of rotatable bonds is 7. The molecule has 1 heterocycles. The van der Waals surface area contributed by atoms with Crippen LogP contribution in [0.4, 0.5) is 0 Å². The Morgan fingerprint density at radius 2 is 1.95 bits per heavy atom. The van der Waals surface area contributed by atoms with Gasteiger partial charge in [-0.25, -0.2) is 8.42 Å². The molecule has 1 fully saturated rings. The van der Waals surface area contributed by atoms with Gasteiger partial charge in [-0.15, -0.1) is 0 Å². The highest BCUT2D eigenvalue weighted by molar-refractivity contribution is 7.90. The molecule has 0 aliphatic carbocycles. The number of carbonyl (C=O) groups is 1. The van der Waals surface area contributed by atoms with Crippen molar-refractivity contribution < 1.29 is 26.7 Å². The van der Waals surface area contributed by atoms with Gasteiger partial charge < -0.3 is 5.11 Å². The second-order valence-corrected chi connectivity index (χ2v) is 9.30. The van der Waals surface area contributed by atoms with E-state index in [1.165, 1.54) is 4.31 Å². The van der Waals surface area contributed by atoms with Gasteiger partial charge >= 0.3 is 5.97 Å². The standard InChI is InChI=1S/C11H22N2O6S2/c1-9-5-3-4-7-13(9)21(18,19)12-10(11(14)15)6-8-20(2,16)17/h9-10,12H,3-8H2,1-2H3,(H,14,15). The third-order valence-corrected chi connectivity index (χ3v) is 6.14. The van der Waals surface area contributed by atoms with Crippen LogP contribution in [-0.4, -0.2) is 62.9 Å². The normalized spacial score (nSPS) is 22.9. The molecule has 0 amide bonds. The molecule has 2 unspecified atom stereocenters. The van der Waals surface area contributed by atoms with Crippen molar-refractivity contribution in [3.8, 4) is 0 Å². The van der Waals surface area contributed by atoms with Crippen molar-refractivity contribution in [1.29, 1.82) is 0 Å². The summed E-state index contributed by atoms with van der Waals surface area (Å²) in [5, 5.41) is 9.06. The summed E-state index contributed by atoms with van der Waals surface area (Å²) >= 11 is 0. The monoisotopic (exact) mass is 342 g/mol. The third-order valence-electron chi connectivity index (χ3n) is 3.42. The first-order valence-electron chi connectivity index (χ1n) is 6.72. The fraction of sp³-hybridized carbons (Fsp3) is 0.909. The molecular weight excluding hydrogens is 320 g/mol. The molecular formula is C11H22N2O6S2. The van der Waals surface area contributed by atoms with Crippen molar-refractivity contribution in [2.75, 3.05) is 18.6 Å². The Bertz CT molecular complexity index is 572. The minimum Gasteiger partial charge on any atom is -0.480 e. The van der Waals surface area contributed by atoms with Gasteiger partial charge in [-0.1, -0.05) is 6.42 Å². The summed E-state index contributed by atoms with van der Waals surface area (Å²) in [4.78, 5) is 11.1. The number of aliphatic carboxylic acids is 1. The largest absolute Gasteiger partial charge is 0.480 e. The first-order valence-corrected chi connectivity index (χ1v) is 10.2. The lowest BCUT2D eigenvalue weighted by Gasteiger charge is -2.33. The number of nitrogens with zero attached hydrogens (tertiary/aromatic N) is 1. The van der Waals surface area contributed by atoms with E-state index in [1.807, 2.05) is 0 Å². The van der Waals surface area contributed by atoms with Crippen molar-refractivity contribution in [3.05, 3.63) is 0 Å². The molecule has 2 N–H and O–H groups in total. The molecule has 0 spiro atoms. The molecule has 0 saturated carbocycles. The Morgan fingerprint density at radius 3 is 2.43 bits per heavy atom. The van der Waals surface area contributed by atoms with E-state index in [9.17, 15) is 21.6 Å². The predicted molar refractivity (Wildman–Crippen MR) is 77.8 cm³/mol. The average molecular weight is 342 g/mol. The van der Waals surface area contributed by atoms with E-state index >= 15 is 0 Å². The van der Waals surface area contributed by atoms with Gasteiger partial charge in [0.05, 0.1) is 5.75 Å². The molecule has 0 radical (unpaired) electrons. The molecule has 0 bridgehead atoms. The van der Waals surface area contributed by atoms with Gasteiger partial charge in [0.1, 0.15) is 15.9 Å². The number of nitrogens with one attached hydrogen (secondary N) is 1. The predicted octanol–water partition coefficient (Wildman–Crippen LogP) is -0.417. The summed E-state index contributed by atoms with van der Waals surface area (Å²) in [6.07, 6.45) is 3.07. The topological polar surface area (TPSA) is 121 Å². The van der Waals surface area contributed by atoms with E-state index in [0.29, 0.717) is 6.54 Å². The van der Waals surface area contributed by atoms with E-state index in [2.05, 4.69) is 4.72 Å². The molecule has 1 aliphatic rings. The average Bonchev–Trinajstić information content (AvgIpc) is 2.33. The van der Waals surface area contributed by atoms with Crippen molar-refractivity contribution >= 4 is 26.0 Å². The summed E-state index contributed by atoms with van der Waals surface area (Å²) < 4.78 is 50.0. The van der Waals surface area contributed by atoms with Gasteiger partial charge in [0.25, 0.3) is 10.2 Å². The Balaban J connectivity index is 2.79. The lowest BCUT2D eigenvalue weighted by atomic mass is 10.1. The van der Waals surface area contributed by atoms with Crippen LogP contribution >= 0.6 is 0 Å². The SMILES string of the molecule is CC1CCCCN1S(=O)(=O)NC(CCS(C)(=O)=O)C(=O)O. The van der Waals surface area contributed by atoms with Gasteiger partial charge in [-0.2, -0.15) is 17.4 Å². The minimum absolute atomic E-state index is 0.194. The number of hydrogen-bond donors (Lipinski definition) is 2. The van der Waals surface area contributed by atoms with E-state index in [-0.39, 0.29) is 18.2 Å². The molecule has 1 saturated heterocycles. The Morgan fingerprint density at radius 1 is 1.33 bits per heavy atom. The quantitative estimate of drug-likeness (QED) is 0.648. The molecule has 0 aromatic carbocycles. The number of carboxylic acids is 1. The Hall–Kier alpha value is -0.710.